The summed E-state index contributed by atoms with van der Waals surface area (Å²) in [7, 11) is 3.89. The summed E-state index contributed by atoms with van der Waals surface area (Å²) in [6.45, 7) is 9.45. The third kappa shape index (κ3) is 6.69. The number of rotatable bonds is 6. The van der Waals surface area contributed by atoms with Gasteiger partial charge in [-0.15, -0.1) is 0 Å². The molecule has 1 fully saturated rings. The Kier molecular flexibility index (Phi) is 7.47. The van der Waals surface area contributed by atoms with E-state index in [9.17, 15) is 4.79 Å². The molecule has 1 saturated heterocycles. The summed E-state index contributed by atoms with van der Waals surface area (Å²) in [5.41, 5.74) is 5.36. The number of fused-ring (bicyclic) bond motifs is 1. The molecule has 1 aliphatic rings. The van der Waals surface area contributed by atoms with E-state index >= 15 is 0 Å². The molecule has 4 heterocycles. The van der Waals surface area contributed by atoms with Crippen LogP contribution in [0.15, 0.2) is 48.9 Å². The lowest BCUT2D eigenvalue weighted by atomic mass is 10.1. The number of pyridine rings is 1. The van der Waals surface area contributed by atoms with Gasteiger partial charge in [-0.2, -0.15) is 0 Å². The highest BCUT2D eigenvalue weighted by atomic mass is 16.6. The maximum absolute atomic E-state index is 12.3. The van der Waals surface area contributed by atoms with Gasteiger partial charge < -0.3 is 19.5 Å². The van der Waals surface area contributed by atoms with Crippen molar-refractivity contribution in [2.75, 3.05) is 45.2 Å². The summed E-state index contributed by atoms with van der Waals surface area (Å²) >= 11 is 0. The van der Waals surface area contributed by atoms with Crippen molar-refractivity contribution in [2.24, 2.45) is 0 Å². The molecule has 1 amide bonds. The van der Waals surface area contributed by atoms with Gasteiger partial charge in [0.15, 0.2) is 0 Å². The molecule has 5 rings (SSSR count). The second-order valence-corrected chi connectivity index (χ2v) is 11.1. The van der Waals surface area contributed by atoms with Crippen LogP contribution in [-0.4, -0.2) is 86.7 Å². The van der Waals surface area contributed by atoms with Crippen LogP contribution >= 0.6 is 0 Å². The summed E-state index contributed by atoms with van der Waals surface area (Å²) in [5.74, 6) is 1.69. The SMILES string of the molecule is CN(C)c1cnc(-c2ccc3nc(Cc4cc(CN5CCN(C(=O)OC(C)(C)C)CC5)ccn4)[nH]c3c2)cn1. The minimum Gasteiger partial charge on any atom is -0.444 e. The van der Waals surface area contributed by atoms with Gasteiger partial charge in [-0.1, -0.05) is 6.07 Å². The minimum atomic E-state index is -0.475. The maximum atomic E-state index is 12.3. The van der Waals surface area contributed by atoms with E-state index in [1.165, 1.54) is 5.56 Å². The summed E-state index contributed by atoms with van der Waals surface area (Å²) in [5, 5.41) is 0. The lowest BCUT2D eigenvalue weighted by Gasteiger charge is -2.35. The van der Waals surface area contributed by atoms with Crippen LogP contribution in [-0.2, 0) is 17.7 Å². The Labute approximate surface area is 229 Å². The number of carbonyl (C=O) groups is 1. The molecular weight excluding hydrogens is 492 g/mol. The van der Waals surface area contributed by atoms with Crippen molar-refractivity contribution >= 4 is 22.9 Å². The normalized spacial score (nSPS) is 14.5. The smallest absolute Gasteiger partial charge is 0.410 e. The van der Waals surface area contributed by atoms with E-state index in [-0.39, 0.29) is 6.09 Å². The third-order valence-corrected chi connectivity index (χ3v) is 6.58. The number of ether oxygens (including phenoxy) is 1. The first-order chi connectivity index (χ1) is 18.6. The summed E-state index contributed by atoms with van der Waals surface area (Å²) in [6.07, 6.45) is 5.81. The fourth-order valence-corrected chi connectivity index (χ4v) is 4.57. The predicted molar refractivity (Wildman–Crippen MR) is 152 cm³/mol. The average Bonchev–Trinajstić information content (AvgIpc) is 3.30. The number of piperazine rings is 1. The molecule has 0 atom stereocenters. The van der Waals surface area contributed by atoms with E-state index < -0.39 is 5.60 Å². The first kappa shape index (κ1) is 26.6. The molecule has 0 bridgehead atoms. The lowest BCUT2D eigenvalue weighted by Crippen LogP contribution is -2.49. The maximum Gasteiger partial charge on any atom is 0.410 e. The number of nitrogens with one attached hydrogen (secondary N) is 1. The van der Waals surface area contributed by atoms with Crippen molar-refractivity contribution in [1.82, 2.24) is 34.7 Å². The van der Waals surface area contributed by atoms with Crippen LogP contribution in [0.4, 0.5) is 10.6 Å². The largest absolute Gasteiger partial charge is 0.444 e. The number of carbonyl (C=O) groups excluding carboxylic acids is 1. The molecule has 3 aromatic heterocycles. The van der Waals surface area contributed by atoms with Crippen LogP contribution < -0.4 is 4.90 Å². The molecule has 0 unspecified atom stereocenters. The van der Waals surface area contributed by atoms with Crippen molar-refractivity contribution in [3.63, 3.8) is 0 Å². The fraction of sp³-hybridized carbons (Fsp3) is 0.414. The van der Waals surface area contributed by atoms with Crippen LogP contribution in [0.1, 0.15) is 37.9 Å². The van der Waals surface area contributed by atoms with Gasteiger partial charge in [0.05, 0.1) is 29.1 Å². The Morgan fingerprint density at radius 3 is 2.51 bits per heavy atom. The van der Waals surface area contributed by atoms with E-state index in [1.54, 1.807) is 17.3 Å². The number of benzene rings is 1. The average molecular weight is 529 g/mol. The Hall–Kier alpha value is -4.05. The first-order valence-corrected chi connectivity index (χ1v) is 13.3. The van der Waals surface area contributed by atoms with Crippen molar-refractivity contribution in [2.45, 2.75) is 39.3 Å². The number of hydrogen-bond acceptors (Lipinski definition) is 8. The van der Waals surface area contributed by atoms with Crippen molar-refractivity contribution in [3.8, 4) is 11.3 Å². The quantitative estimate of drug-likeness (QED) is 0.399. The highest BCUT2D eigenvalue weighted by Crippen LogP contribution is 2.23. The van der Waals surface area contributed by atoms with E-state index in [2.05, 4.69) is 43.0 Å². The van der Waals surface area contributed by atoms with Crippen LogP contribution in [0.3, 0.4) is 0 Å². The zero-order chi connectivity index (χ0) is 27.6. The number of nitrogens with zero attached hydrogens (tertiary/aromatic N) is 7. The summed E-state index contributed by atoms with van der Waals surface area (Å²) in [4.78, 5) is 40.3. The van der Waals surface area contributed by atoms with Crippen LogP contribution in [0.2, 0.25) is 0 Å². The second-order valence-electron chi connectivity index (χ2n) is 11.1. The third-order valence-electron chi connectivity index (χ3n) is 6.58. The van der Waals surface area contributed by atoms with Gasteiger partial charge in [-0.25, -0.2) is 14.8 Å². The minimum absolute atomic E-state index is 0.235. The van der Waals surface area contributed by atoms with Crippen molar-refractivity contribution in [1.29, 1.82) is 0 Å². The van der Waals surface area contributed by atoms with E-state index in [0.29, 0.717) is 19.5 Å². The van der Waals surface area contributed by atoms with Gasteiger partial charge in [0.25, 0.3) is 0 Å². The van der Waals surface area contributed by atoms with Crippen LogP contribution in [0.25, 0.3) is 22.3 Å². The Morgan fingerprint density at radius 1 is 1.03 bits per heavy atom. The molecular formula is C29H36N8O2. The molecule has 10 nitrogen and oxygen atoms in total. The van der Waals surface area contributed by atoms with Gasteiger partial charge in [0.1, 0.15) is 17.2 Å². The lowest BCUT2D eigenvalue weighted by molar-refractivity contribution is 0.0139. The van der Waals surface area contributed by atoms with Crippen LogP contribution in [0, 0.1) is 0 Å². The standard InChI is InChI=1S/C29H36N8O2/c1-29(2,3)39-28(38)37-12-10-36(11-13-37)19-20-8-9-30-22(14-20)16-26-33-23-7-6-21(15-24(23)34-26)25-17-32-27(18-31-25)35(4)5/h6-9,14-15,17-18H,10-13,16,19H2,1-5H3,(H,33,34). The zero-order valence-corrected chi connectivity index (χ0v) is 23.3. The number of aromatic nitrogens is 5. The molecule has 0 radical (unpaired) electrons. The Balaban J connectivity index is 1.21. The Bertz CT molecular complexity index is 1430. The second kappa shape index (κ2) is 11.0. The molecule has 1 aromatic carbocycles. The molecule has 0 spiro atoms. The molecule has 204 valence electrons. The van der Waals surface area contributed by atoms with E-state index in [4.69, 9.17) is 9.72 Å². The number of anilines is 1. The summed E-state index contributed by atoms with van der Waals surface area (Å²) in [6, 6.07) is 10.3. The first-order valence-electron chi connectivity index (χ1n) is 13.3. The molecule has 4 aromatic rings. The number of aromatic amines is 1. The molecule has 1 N–H and O–H groups in total. The van der Waals surface area contributed by atoms with E-state index in [1.807, 2.05) is 58.1 Å². The monoisotopic (exact) mass is 528 g/mol. The van der Waals surface area contributed by atoms with Crippen molar-refractivity contribution in [3.05, 3.63) is 66.0 Å². The topological polar surface area (TPSA) is 103 Å². The van der Waals surface area contributed by atoms with Gasteiger partial charge in [0.2, 0.25) is 0 Å². The molecule has 0 aliphatic carbocycles. The van der Waals surface area contributed by atoms with Gasteiger partial charge >= 0.3 is 6.09 Å². The predicted octanol–water partition coefficient (Wildman–Crippen LogP) is 4.12. The summed E-state index contributed by atoms with van der Waals surface area (Å²) < 4.78 is 5.51. The Morgan fingerprint density at radius 2 is 1.82 bits per heavy atom. The zero-order valence-electron chi connectivity index (χ0n) is 23.3. The number of imidazole rings is 1. The molecule has 10 heteroatoms. The molecule has 1 aliphatic heterocycles. The van der Waals surface area contributed by atoms with Gasteiger partial charge in [-0.3, -0.25) is 14.9 Å². The number of H-pyrrole nitrogens is 1. The highest BCUT2D eigenvalue weighted by molar-refractivity contribution is 5.81. The molecule has 0 saturated carbocycles. The highest BCUT2D eigenvalue weighted by Gasteiger charge is 2.25. The van der Waals surface area contributed by atoms with Crippen LogP contribution in [0.5, 0.6) is 0 Å². The van der Waals surface area contributed by atoms with E-state index in [0.717, 1.165) is 59.3 Å². The number of hydrogen-bond donors (Lipinski definition) is 1. The number of amides is 1. The molecule has 39 heavy (non-hydrogen) atoms. The van der Waals surface area contributed by atoms with Gasteiger partial charge in [-0.05, 0) is 50.6 Å². The van der Waals surface area contributed by atoms with Crippen molar-refractivity contribution < 1.29 is 9.53 Å². The van der Waals surface area contributed by atoms with Gasteiger partial charge in [0, 0.05) is 70.7 Å². The fourth-order valence-electron chi connectivity index (χ4n) is 4.57.